The monoisotopic (exact) mass is 375 g/mol. The van der Waals surface area contributed by atoms with Gasteiger partial charge in [0.15, 0.2) is 0 Å². The summed E-state index contributed by atoms with van der Waals surface area (Å²) in [5.41, 5.74) is 6.51. The molecule has 0 radical (unpaired) electrons. The van der Waals surface area contributed by atoms with E-state index in [0.29, 0.717) is 0 Å². The van der Waals surface area contributed by atoms with Crippen molar-refractivity contribution >= 4 is 22.2 Å². The van der Waals surface area contributed by atoms with Crippen molar-refractivity contribution in [2.24, 2.45) is 5.92 Å². The van der Waals surface area contributed by atoms with Gasteiger partial charge in [-0.05, 0) is 74.8 Å². The van der Waals surface area contributed by atoms with Gasteiger partial charge in [0.25, 0.3) is 0 Å². The molecule has 1 fully saturated rings. The Morgan fingerprint density at radius 1 is 1.14 bits per heavy atom. The number of hydrogen-bond donors (Lipinski definition) is 1. The first-order chi connectivity index (χ1) is 13.5. The van der Waals surface area contributed by atoms with E-state index in [0.717, 1.165) is 34.6 Å². The van der Waals surface area contributed by atoms with Crippen LogP contribution >= 0.6 is 0 Å². The summed E-state index contributed by atoms with van der Waals surface area (Å²) in [5.74, 6) is 1.83. The molecular formula is C25H33N3. The predicted octanol–water partition coefficient (Wildman–Crippen LogP) is 6.94. The summed E-state index contributed by atoms with van der Waals surface area (Å²) in [6.45, 7) is 8.84. The van der Waals surface area contributed by atoms with Crippen molar-refractivity contribution in [2.75, 3.05) is 12.4 Å². The standard InChI is InChI=1S/C25H33N3/c1-6-17(3)20(11-10-19-8-9-19)12-18(4)23(7-2)24-13-21-16-28-25(26-5)14-22(21)15-27-24/h7,12-16,19H,6,8-11H2,1-5H3,(H,26,28)/b18-12-,20-17+,23-7+. The van der Waals surface area contributed by atoms with Gasteiger partial charge in [-0.25, -0.2) is 4.98 Å². The molecule has 2 aromatic rings. The Labute approximate surface area is 169 Å². The lowest BCUT2D eigenvalue weighted by molar-refractivity contribution is 0.722. The first kappa shape index (κ1) is 20.3. The highest BCUT2D eigenvalue weighted by atomic mass is 14.9. The molecule has 0 saturated heterocycles. The van der Waals surface area contributed by atoms with Crippen LogP contribution in [0.15, 0.2) is 53.4 Å². The largest absolute Gasteiger partial charge is 0.373 e. The van der Waals surface area contributed by atoms with Crippen molar-refractivity contribution in [1.82, 2.24) is 9.97 Å². The number of rotatable bonds is 8. The maximum Gasteiger partial charge on any atom is 0.126 e. The van der Waals surface area contributed by atoms with Crippen LogP contribution in [0.3, 0.4) is 0 Å². The number of nitrogens with one attached hydrogen (secondary N) is 1. The van der Waals surface area contributed by atoms with Gasteiger partial charge < -0.3 is 5.32 Å². The summed E-state index contributed by atoms with van der Waals surface area (Å²) >= 11 is 0. The van der Waals surface area contributed by atoms with E-state index in [1.54, 1.807) is 0 Å². The van der Waals surface area contributed by atoms with Crippen molar-refractivity contribution in [3.8, 4) is 0 Å². The fourth-order valence-electron chi connectivity index (χ4n) is 3.64. The summed E-state index contributed by atoms with van der Waals surface area (Å²) in [4.78, 5) is 9.20. The van der Waals surface area contributed by atoms with Gasteiger partial charge in [0, 0.05) is 30.2 Å². The van der Waals surface area contributed by atoms with Crippen LogP contribution in [0.2, 0.25) is 0 Å². The molecule has 0 atom stereocenters. The number of aromatic nitrogens is 2. The van der Waals surface area contributed by atoms with Crippen LogP contribution in [0, 0.1) is 5.92 Å². The van der Waals surface area contributed by atoms with E-state index in [4.69, 9.17) is 4.98 Å². The van der Waals surface area contributed by atoms with E-state index in [1.807, 2.05) is 25.5 Å². The Balaban J connectivity index is 1.90. The first-order valence-electron chi connectivity index (χ1n) is 10.5. The zero-order valence-electron chi connectivity index (χ0n) is 18.0. The lowest BCUT2D eigenvalue weighted by Gasteiger charge is -2.12. The predicted molar refractivity (Wildman–Crippen MR) is 121 cm³/mol. The summed E-state index contributed by atoms with van der Waals surface area (Å²) in [5, 5.41) is 5.30. The number of hydrogen-bond acceptors (Lipinski definition) is 3. The maximum absolute atomic E-state index is 4.75. The lowest BCUT2D eigenvalue weighted by Crippen LogP contribution is -1.96. The summed E-state index contributed by atoms with van der Waals surface area (Å²) in [6.07, 6.45) is 14.9. The molecule has 0 aromatic carbocycles. The van der Waals surface area contributed by atoms with Crippen LogP contribution in [0.25, 0.3) is 16.3 Å². The number of nitrogens with zero attached hydrogens (tertiary/aromatic N) is 2. The van der Waals surface area contributed by atoms with E-state index < -0.39 is 0 Å². The van der Waals surface area contributed by atoms with Crippen molar-refractivity contribution in [1.29, 1.82) is 0 Å². The molecule has 3 heteroatoms. The molecule has 1 aliphatic carbocycles. The molecule has 2 aromatic heterocycles. The van der Waals surface area contributed by atoms with Gasteiger partial charge in [-0.2, -0.15) is 0 Å². The van der Waals surface area contributed by atoms with Gasteiger partial charge in [0.1, 0.15) is 5.82 Å². The second-order valence-electron chi connectivity index (χ2n) is 7.91. The van der Waals surface area contributed by atoms with Crippen LogP contribution in [0.5, 0.6) is 0 Å². The number of pyridine rings is 2. The molecule has 0 bridgehead atoms. The molecule has 3 rings (SSSR count). The van der Waals surface area contributed by atoms with Gasteiger partial charge in [-0.15, -0.1) is 0 Å². The minimum atomic E-state index is 0.866. The molecular weight excluding hydrogens is 342 g/mol. The topological polar surface area (TPSA) is 37.8 Å². The summed E-state index contributed by atoms with van der Waals surface area (Å²) < 4.78 is 0. The van der Waals surface area contributed by atoms with Gasteiger partial charge >= 0.3 is 0 Å². The zero-order chi connectivity index (χ0) is 20.1. The van der Waals surface area contributed by atoms with Crippen LogP contribution in [-0.4, -0.2) is 17.0 Å². The Morgan fingerprint density at radius 2 is 1.86 bits per heavy atom. The molecule has 28 heavy (non-hydrogen) atoms. The lowest BCUT2D eigenvalue weighted by atomic mass is 9.95. The molecule has 0 aliphatic heterocycles. The van der Waals surface area contributed by atoms with E-state index >= 15 is 0 Å². The fourth-order valence-corrected chi connectivity index (χ4v) is 3.64. The van der Waals surface area contributed by atoms with Crippen LogP contribution < -0.4 is 5.32 Å². The number of allylic oxidation sites excluding steroid dienone is 6. The van der Waals surface area contributed by atoms with Crippen molar-refractivity contribution in [2.45, 2.75) is 59.8 Å². The highest BCUT2D eigenvalue weighted by molar-refractivity contribution is 5.88. The SMILES string of the molecule is C\C=C(/C(C)=C\C(CCC1CC1)=C(/C)CC)c1cc2cnc(NC)cc2cn1. The minimum Gasteiger partial charge on any atom is -0.373 e. The van der Waals surface area contributed by atoms with Gasteiger partial charge in [-0.3, -0.25) is 4.98 Å². The van der Waals surface area contributed by atoms with E-state index in [9.17, 15) is 0 Å². The molecule has 1 N–H and O–H groups in total. The third-order valence-electron chi connectivity index (χ3n) is 5.84. The molecule has 0 unspecified atom stereocenters. The molecule has 1 saturated carbocycles. The van der Waals surface area contributed by atoms with E-state index in [2.05, 4.69) is 56.2 Å². The van der Waals surface area contributed by atoms with Crippen LogP contribution in [0.1, 0.15) is 65.5 Å². The Hall–Kier alpha value is -2.42. The second-order valence-corrected chi connectivity index (χ2v) is 7.91. The van der Waals surface area contributed by atoms with Gasteiger partial charge in [-0.1, -0.05) is 37.5 Å². The number of fused-ring (bicyclic) bond motifs is 1. The Kier molecular flexibility index (Phi) is 6.66. The van der Waals surface area contributed by atoms with Crippen molar-refractivity contribution in [3.63, 3.8) is 0 Å². The van der Waals surface area contributed by atoms with Crippen molar-refractivity contribution < 1.29 is 0 Å². The smallest absolute Gasteiger partial charge is 0.126 e. The normalized spacial score (nSPS) is 16.3. The van der Waals surface area contributed by atoms with Gasteiger partial charge in [0.05, 0.1) is 5.69 Å². The van der Waals surface area contributed by atoms with Crippen molar-refractivity contribution in [3.05, 3.63) is 59.1 Å². The Morgan fingerprint density at radius 3 is 2.50 bits per heavy atom. The second kappa shape index (κ2) is 9.18. The third-order valence-corrected chi connectivity index (χ3v) is 5.84. The highest BCUT2D eigenvalue weighted by Gasteiger charge is 2.21. The van der Waals surface area contributed by atoms with Crippen LogP contribution in [0.4, 0.5) is 5.82 Å². The molecule has 1 aliphatic rings. The average Bonchev–Trinajstić information content (AvgIpc) is 3.55. The van der Waals surface area contributed by atoms with E-state index in [1.165, 1.54) is 48.0 Å². The van der Waals surface area contributed by atoms with Crippen LogP contribution in [-0.2, 0) is 0 Å². The molecule has 2 heterocycles. The molecule has 148 valence electrons. The fraction of sp³-hybridized carbons (Fsp3) is 0.440. The first-order valence-corrected chi connectivity index (χ1v) is 10.5. The third kappa shape index (κ3) is 4.89. The highest BCUT2D eigenvalue weighted by Crippen LogP contribution is 2.36. The zero-order valence-corrected chi connectivity index (χ0v) is 18.0. The molecule has 3 nitrogen and oxygen atoms in total. The maximum atomic E-state index is 4.75. The molecule has 0 amide bonds. The quantitative estimate of drug-likeness (QED) is 0.508. The summed E-state index contributed by atoms with van der Waals surface area (Å²) in [6, 6.07) is 4.18. The average molecular weight is 376 g/mol. The van der Waals surface area contributed by atoms with Gasteiger partial charge in [0.2, 0.25) is 0 Å². The van der Waals surface area contributed by atoms with E-state index in [-0.39, 0.29) is 0 Å². The number of anilines is 1. The minimum absolute atomic E-state index is 0.866. The summed E-state index contributed by atoms with van der Waals surface area (Å²) in [7, 11) is 1.88. The molecule has 0 spiro atoms. The Bertz CT molecular complexity index is 930.